The highest BCUT2D eigenvalue weighted by Crippen LogP contribution is 2.41. The van der Waals surface area contributed by atoms with Crippen molar-refractivity contribution in [1.29, 1.82) is 10.5 Å². The quantitative estimate of drug-likeness (QED) is 0.719. The van der Waals surface area contributed by atoms with Gasteiger partial charge in [-0.2, -0.15) is 10.5 Å². The molecule has 1 aromatic rings. The molecule has 0 saturated heterocycles. The number of nitrogens with zero attached hydrogens (tertiary/aromatic N) is 3. The summed E-state index contributed by atoms with van der Waals surface area (Å²) >= 11 is 6.42. The molecule has 1 heterocycles. The van der Waals surface area contributed by atoms with Gasteiger partial charge in [-0.15, -0.1) is 0 Å². The molecule has 2 rings (SSSR count). The fourth-order valence-corrected chi connectivity index (χ4v) is 3.31. The summed E-state index contributed by atoms with van der Waals surface area (Å²) < 4.78 is 0. The van der Waals surface area contributed by atoms with E-state index in [1.165, 1.54) is 5.57 Å². The lowest BCUT2D eigenvalue weighted by Gasteiger charge is -2.43. The SMILES string of the molecule is CCCN1c2cc(Cl)c(C=C(C#N)C#N)cc2C(C)=CC1(C)C. The van der Waals surface area contributed by atoms with Crippen LogP contribution < -0.4 is 4.90 Å². The molecule has 0 unspecified atom stereocenters. The molecule has 0 fully saturated rings. The molecule has 3 nitrogen and oxygen atoms in total. The number of allylic oxidation sites excluding steroid dienone is 2. The summed E-state index contributed by atoms with van der Waals surface area (Å²) in [6.07, 6.45) is 4.84. The standard InChI is InChI=1S/C19H20ClN3/c1-5-6-23-18-9-17(20)15(7-14(11-21)12-22)8-16(18)13(2)10-19(23,3)4/h7-10H,5-6H2,1-4H3. The van der Waals surface area contributed by atoms with Crippen LogP contribution in [0.2, 0.25) is 5.02 Å². The minimum atomic E-state index is -0.0712. The summed E-state index contributed by atoms with van der Waals surface area (Å²) in [5.41, 5.74) is 4.07. The van der Waals surface area contributed by atoms with E-state index in [2.05, 4.69) is 38.7 Å². The van der Waals surface area contributed by atoms with Gasteiger partial charge in [0.2, 0.25) is 0 Å². The van der Waals surface area contributed by atoms with Crippen LogP contribution in [0.3, 0.4) is 0 Å². The molecule has 0 aliphatic carbocycles. The zero-order valence-corrected chi connectivity index (χ0v) is 14.7. The molecular formula is C19H20ClN3. The monoisotopic (exact) mass is 325 g/mol. The molecule has 0 spiro atoms. The predicted octanol–water partition coefficient (Wildman–Crippen LogP) is 5.18. The number of rotatable bonds is 3. The number of fused-ring (bicyclic) bond motifs is 1. The molecular weight excluding hydrogens is 306 g/mol. The molecule has 4 heteroatoms. The van der Waals surface area contributed by atoms with Crippen molar-refractivity contribution in [2.24, 2.45) is 0 Å². The van der Waals surface area contributed by atoms with Crippen LogP contribution in [0.15, 0.2) is 23.8 Å². The summed E-state index contributed by atoms with van der Waals surface area (Å²) in [5, 5.41) is 18.4. The van der Waals surface area contributed by atoms with E-state index in [0.717, 1.165) is 24.2 Å². The first-order valence-corrected chi connectivity index (χ1v) is 8.04. The van der Waals surface area contributed by atoms with Gasteiger partial charge in [0, 0.05) is 22.8 Å². The van der Waals surface area contributed by atoms with E-state index in [1.54, 1.807) is 6.08 Å². The highest BCUT2D eigenvalue weighted by atomic mass is 35.5. The van der Waals surface area contributed by atoms with Crippen molar-refractivity contribution in [2.75, 3.05) is 11.4 Å². The third kappa shape index (κ3) is 3.26. The molecule has 1 aliphatic rings. The molecule has 0 bridgehead atoms. The summed E-state index contributed by atoms with van der Waals surface area (Å²) in [6, 6.07) is 7.67. The van der Waals surface area contributed by atoms with Crippen molar-refractivity contribution in [1.82, 2.24) is 0 Å². The van der Waals surface area contributed by atoms with Crippen LogP contribution in [-0.4, -0.2) is 12.1 Å². The lowest BCUT2D eigenvalue weighted by molar-refractivity contribution is 0.550. The number of benzene rings is 1. The predicted molar refractivity (Wildman–Crippen MR) is 96.0 cm³/mol. The molecule has 1 aromatic carbocycles. The second-order valence-corrected chi connectivity index (χ2v) is 6.71. The van der Waals surface area contributed by atoms with Gasteiger partial charge in [0.15, 0.2) is 0 Å². The van der Waals surface area contributed by atoms with E-state index in [4.69, 9.17) is 22.1 Å². The van der Waals surface area contributed by atoms with Crippen LogP contribution in [0.25, 0.3) is 11.6 Å². The molecule has 0 aromatic heterocycles. The van der Waals surface area contributed by atoms with Gasteiger partial charge in [0.05, 0.1) is 5.54 Å². The summed E-state index contributed by atoms with van der Waals surface area (Å²) in [5.74, 6) is 0. The molecule has 0 saturated carbocycles. The van der Waals surface area contributed by atoms with Crippen molar-refractivity contribution in [3.05, 3.63) is 39.9 Å². The van der Waals surface area contributed by atoms with E-state index in [1.807, 2.05) is 24.3 Å². The third-order valence-electron chi connectivity index (χ3n) is 4.08. The second kappa shape index (κ2) is 6.49. The van der Waals surface area contributed by atoms with E-state index in [9.17, 15) is 0 Å². The van der Waals surface area contributed by atoms with Crippen LogP contribution >= 0.6 is 11.6 Å². The highest BCUT2D eigenvalue weighted by molar-refractivity contribution is 6.32. The fourth-order valence-electron chi connectivity index (χ4n) is 3.10. The maximum atomic E-state index is 8.95. The molecule has 23 heavy (non-hydrogen) atoms. The van der Waals surface area contributed by atoms with Gasteiger partial charge in [0.1, 0.15) is 17.7 Å². The summed E-state index contributed by atoms with van der Waals surface area (Å²) in [4.78, 5) is 2.35. The van der Waals surface area contributed by atoms with Crippen molar-refractivity contribution in [3.63, 3.8) is 0 Å². The molecule has 0 N–H and O–H groups in total. The Labute approximate surface area is 143 Å². The van der Waals surface area contributed by atoms with Gasteiger partial charge in [-0.05, 0) is 56.5 Å². The fraction of sp³-hybridized carbons (Fsp3) is 0.368. The molecule has 0 atom stereocenters. The second-order valence-electron chi connectivity index (χ2n) is 6.31. The Morgan fingerprint density at radius 2 is 1.96 bits per heavy atom. The molecule has 0 radical (unpaired) electrons. The lowest BCUT2D eigenvalue weighted by Crippen LogP contribution is -2.45. The number of nitriles is 2. The Balaban J connectivity index is 2.65. The Morgan fingerprint density at radius 1 is 1.30 bits per heavy atom. The van der Waals surface area contributed by atoms with Crippen LogP contribution in [0.5, 0.6) is 0 Å². The largest absolute Gasteiger partial charge is 0.362 e. The first kappa shape index (κ1) is 17.1. The number of hydrogen-bond acceptors (Lipinski definition) is 3. The summed E-state index contributed by atoms with van der Waals surface area (Å²) in [6.45, 7) is 9.57. The minimum absolute atomic E-state index is 0.0510. The maximum absolute atomic E-state index is 8.95. The van der Waals surface area contributed by atoms with E-state index in [0.29, 0.717) is 10.6 Å². The van der Waals surface area contributed by atoms with Gasteiger partial charge < -0.3 is 4.90 Å². The average Bonchev–Trinajstić information content (AvgIpc) is 2.49. The van der Waals surface area contributed by atoms with Crippen molar-refractivity contribution in [2.45, 2.75) is 39.7 Å². The highest BCUT2D eigenvalue weighted by Gasteiger charge is 2.31. The van der Waals surface area contributed by atoms with Crippen LogP contribution in [0.1, 0.15) is 45.2 Å². The third-order valence-corrected chi connectivity index (χ3v) is 4.41. The Morgan fingerprint density at radius 3 is 2.52 bits per heavy atom. The van der Waals surface area contributed by atoms with Crippen molar-refractivity contribution >= 4 is 28.9 Å². The lowest BCUT2D eigenvalue weighted by atomic mass is 9.87. The molecule has 118 valence electrons. The van der Waals surface area contributed by atoms with E-state index in [-0.39, 0.29) is 11.1 Å². The topological polar surface area (TPSA) is 50.8 Å². The van der Waals surface area contributed by atoms with Crippen molar-refractivity contribution in [3.8, 4) is 12.1 Å². The van der Waals surface area contributed by atoms with Crippen molar-refractivity contribution < 1.29 is 0 Å². The Hall–Kier alpha value is -2.23. The smallest absolute Gasteiger partial charge is 0.130 e. The number of halogens is 1. The number of hydrogen-bond donors (Lipinski definition) is 0. The van der Waals surface area contributed by atoms with Crippen LogP contribution in [0, 0.1) is 22.7 Å². The Bertz CT molecular complexity index is 757. The van der Waals surface area contributed by atoms with Gasteiger partial charge in [-0.25, -0.2) is 0 Å². The van der Waals surface area contributed by atoms with Gasteiger partial charge in [0.25, 0.3) is 0 Å². The van der Waals surface area contributed by atoms with Gasteiger partial charge in [-0.1, -0.05) is 24.6 Å². The van der Waals surface area contributed by atoms with Crippen LogP contribution in [0.4, 0.5) is 5.69 Å². The molecule has 1 aliphatic heterocycles. The zero-order valence-electron chi connectivity index (χ0n) is 13.9. The first-order chi connectivity index (χ1) is 10.8. The Kier molecular flexibility index (Phi) is 4.83. The van der Waals surface area contributed by atoms with Gasteiger partial charge >= 0.3 is 0 Å². The van der Waals surface area contributed by atoms with Gasteiger partial charge in [-0.3, -0.25) is 0 Å². The van der Waals surface area contributed by atoms with Crippen LogP contribution in [-0.2, 0) is 0 Å². The first-order valence-electron chi connectivity index (χ1n) is 7.67. The average molecular weight is 326 g/mol. The van der Waals surface area contributed by atoms with E-state index >= 15 is 0 Å². The summed E-state index contributed by atoms with van der Waals surface area (Å²) in [7, 11) is 0. The number of anilines is 1. The minimum Gasteiger partial charge on any atom is -0.362 e. The normalized spacial score (nSPS) is 15.1. The van der Waals surface area contributed by atoms with E-state index < -0.39 is 0 Å². The zero-order chi connectivity index (χ0) is 17.2. The molecule has 0 amide bonds. The maximum Gasteiger partial charge on any atom is 0.130 e.